The fourth-order valence-electron chi connectivity index (χ4n) is 4.75. The number of barbiturate groups is 1. The van der Waals surface area contributed by atoms with Crippen molar-refractivity contribution >= 4 is 29.2 Å². The molecule has 2 fully saturated rings. The van der Waals surface area contributed by atoms with Gasteiger partial charge in [-0.3, -0.25) is 29.9 Å². The fourth-order valence-corrected chi connectivity index (χ4v) is 4.75. The van der Waals surface area contributed by atoms with E-state index in [-0.39, 0.29) is 18.2 Å². The van der Waals surface area contributed by atoms with Crippen molar-refractivity contribution in [3.63, 3.8) is 0 Å². The number of ether oxygens (including phenoxy) is 1. The highest BCUT2D eigenvalue weighted by Crippen LogP contribution is 2.48. The van der Waals surface area contributed by atoms with Gasteiger partial charge in [-0.15, -0.1) is 0 Å². The summed E-state index contributed by atoms with van der Waals surface area (Å²) in [6.45, 7) is 4.10. The highest BCUT2D eigenvalue weighted by Gasteiger charge is 2.64. The zero-order valence-electron chi connectivity index (χ0n) is 15.7. The van der Waals surface area contributed by atoms with Crippen LogP contribution < -0.4 is 10.2 Å². The molecule has 10 heteroatoms. The Hall–Kier alpha value is -3.01. The van der Waals surface area contributed by atoms with Gasteiger partial charge in [-0.2, -0.15) is 0 Å². The van der Waals surface area contributed by atoms with Crippen LogP contribution in [0.25, 0.3) is 0 Å². The molecule has 3 heterocycles. The number of anilines is 1. The minimum Gasteiger partial charge on any atom is -0.372 e. The van der Waals surface area contributed by atoms with Crippen molar-refractivity contribution < 1.29 is 24.0 Å². The summed E-state index contributed by atoms with van der Waals surface area (Å²) < 4.78 is 5.93. The Kier molecular flexibility index (Phi) is 3.93. The van der Waals surface area contributed by atoms with Crippen molar-refractivity contribution in [2.45, 2.75) is 38.5 Å². The van der Waals surface area contributed by atoms with Gasteiger partial charge in [-0.25, -0.2) is 4.79 Å². The molecule has 3 aliphatic rings. The molecular weight excluding hydrogens is 368 g/mol. The lowest BCUT2D eigenvalue weighted by Gasteiger charge is -2.56. The van der Waals surface area contributed by atoms with Crippen molar-refractivity contribution in [1.29, 1.82) is 0 Å². The molecule has 0 radical (unpaired) electrons. The maximum Gasteiger partial charge on any atom is 0.330 e. The third kappa shape index (κ3) is 2.34. The van der Waals surface area contributed by atoms with Gasteiger partial charge in [0.25, 0.3) is 5.69 Å². The normalized spacial score (nSPS) is 32.1. The molecule has 2 saturated heterocycles. The number of benzene rings is 1. The van der Waals surface area contributed by atoms with Crippen LogP contribution in [0.4, 0.5) is 16.2 Å². The summed E-state index contributed by atoms with van der Waals surface area (Å²) >= 11 is 0. The predicted octanol–water partition coefficient (Wildman–Crippen LogP) is 0.828. The van der Waals surface area contributed by atoms with Crippen molar-refractivity contribution in [3.8, 4) is 0 Å². The molecule has 1 N–H and O–H groups in total. The van der Waals surface area contributed by atoms with Crippen LogP contribution >= 0.6 is 0 Å². The van der Waals surface area contributed by atoms with Gasteiger partial charge in [0.1, 0.15) is 0 Å². The third-order valence-electron chi connectivity index (χ3n) is 5.86. The number of fused-ring (bicyclic) bond motifs is 4. The lowest BCUT2D eigenvalue weighted by molar-refractivity contribution is -0.384. The Balaban J connectivity index is 1.93. The lowest BCUT2D eigenvalue weighted by atomic mass is 9.66. The number of hydrogen-bond donors (Lipinski definition) is 1. The first-order valence-electron chi connectivity index (χ1n) is 9.00. The highest BCUT2D eigenvalue weighted by molar-refractivity contribution is 6.20. The van der Waals surface area contributed by atoms with Crippen LogP contribution in [0.2, 0.25) is 0 Å². The van der Waals surface area contributed by atoms with Crippen molar-refractivity contribution in [2.24, 2.45) is 5.41 Å². The summed E-state index contributed by atoms with van der Waals surface area (Å²) in [5.74, 6) is -1.32. The van der Waals surface area contributed by atoms with Gasteiger partial charge >= 0.3 is 6.03 Å². The maximum atomic E-state index is 13.3. The van der Waals surface area contributed by atoms with Gasteiger partial charge in [0.2, 0.25) is 11.8 Å². The Morgan fingerprint density at radius 3 is 2.68 bits per heavy atom. The zero-order chi connectivity index (χ0) is 20.4. The molecule has 4 amide bonds. The summed E-state index contributed by atoms with van der Waals surface area (Å²) in [6.07, 6.45) is -0.677. The average Bonchev–Trinajstić information content (AvgIpc) is 2.63. The molecule has 4 rings (SSSR count). The SMILES string of the molecule is C[C@@H]1CN2c3ccc([N+](=O)[O-])cc3CC3(C(=O)NC(=O)N(C)C3=O)[C@H]2[C@H](C)O1. The van der Waals surface area contributed by atoms with E-state index in [0.29, 0.717) is 12.1 Å². The minimum atomic E-state index is -1.61. The van der Waals surface area contributed by atoms with E-state index < -0.39 is 40.3 Å². The molecule has 0 saturated carbocycles. The smallest absolute Gasteiger partial charge is 0.330 e. The lowest BCUT2D eigenvalue weighted by Crippen LogP contribution is -2.75. The number of morpholine rings is 1. The Morgan fingerprint density at radius 1 is 1.29 bits per heavy atom. The predicted molar refractivity (Wildman–Crippen MR) is 96.7 cm³/mol. The average molecular weight is 388 g/mol. The number of amides is 4. The third-order valence-corrected chi connectivity index (χ3v) is 5.86. The van der Waals surface area contributed by atoms with Gasteiger partial charge in [0, 0.05) is 37.8 Å². The zero-order valence-corrected chi connectivity index (χ0v) is 15.7. The minimum absolute atomic E-state index is 0.0461. The van der Waals surface area contributed by atoms with Crippen LogP contribution in [-0.2, 0) is 20.7 Å². The van der Waals surface area contributed by atoms with Crippen molar-refractivity contribution in [3.05, 3.63) is 33.9 Å². The summed E-state index contributed by atoms with van der Waals surface area (Å²) in [7, 11) is 1.32. The maximum absolute atomic E-state index is 13.3. The number of carbonyl (C=O) groups excluding carboxylic acids is 3. The number of urea groups is 1. The van der Waals surface area contributed by atoms with Gasteiger partial charge in [0.15, 0.2) is 5.41 Å². The largest absolute Gasteiger partial charge is 0.372 e. The fraction of sp³-hybridized carbons (Fsp3) is 0.500. The molecule has 4 atom stereocenters. The second kappa shape index (κ2) is 5.99. The molecule has 1 spiro atoms. The Labute approximate surface area is 160 Å². The molecule has 3 aliphatic heterocycles. The number of rotatable bonds is 1. The van der Waals surface area contributed by atoms with Crippen LogP contribution in [0.1, 0.15) is 19.4 Å². The molecule has 1 aromatic carbocycles. The van der Waals surface area contributed by atoms with E-state index in [9.17, 15) is 24.5 Å². The molecule has 28 heavy (non-hydrogen) atoms. The first-order valence-corrected chi connectivity index (χ1v) is 9.00. The second-order valence-electron chi connectivity index (χ2n) is 7.59. The number of nitrogens with one attached hydrogen (secondary N) is 1. The quantitative estimate of drug-likeness (QED) is 0.429. The van der Waals surface area contributed by atoms with Gasteiger partial charge in [-0.05, 0) is 25.5 Å². The number of non-ortho nitro benzene ring substituents is 1. The Bertz CT molecular complexity index is 917. The van der Waals surface area contributed by atoms with E-state index in [4.69, 9.17) is 4.74 Å². The first kappa shape index (κ1) is 18.4. The van der Waals surface area contributed by atoms with E-state index in [1.165, 1.54) is 19.2 Å². The first-order chi connectivity index (χ1) is 13.2. The number of carbonyl (C=O) groups is 3. The van der Waals surface area contributed by atoms with E-state index in [1.54, 1.807) is 13.0 Å². The van der Waals surface area contributed by atoms with Gasteiger partial charge in [0.05, 0.1) is 23.2 Å². The Morgan fingerprint density at radius 2 is 2.00 bits per heavy atom. The summed E-state index contributed by atoms with van der Waals surface area (Å²) in [6, 6.07) is 3.04. The number of nitro benzene ring substituents is 1. The number of nitrogens with zero attached hydrogens (tertiary/aromatic N) is 3. The standard InChI is InChI=1S/C18H20N4O6/c1-9-8-21-13-5-4-12(22(26)27)6-11(13)7-18(14(21)10(2)28-9)15(23)19-17(25)20(3)16(18)24/h4-6,9-10,14H,7-8H2,1-3H3,(H,19,23,25)/t9-,10+,14-,18?/m1/s1. The van der Waals surface area contributed by atoms with E-state index in [2.05, 4.69) is 5.32 Å². The number of hydrogen-bond acceptors (Lipinski definition) is 7. The number of nitro groups is 1. The summed E-state index contributed by atoms with van der Waals surface area (Å²) in [5, 5.41) is 13.5. The molecule has 1 unspecified atom stereocenters. The molecule has 10 nitrogen and oxygen atoms in total. The summed E-state index contributed by atoms with van der Waals surface area (Å²) in [5.41, 5.74) is -0.457. The molecule has 148 valence electrons. The van der Waals surface area contributed by atoms with E-state index in [0.717, 1.165) is 10.6 Å². The van der Waals surface area contributed by atoms with E-state index >= 15 is 0 Å². The van der Waals surface area contributed by atoms with Crippen molar-refractivity contribution in [1.82, 2.24) is 10.2 Å². The molecular formula is C18H20N4O6. The topological polar surface area (TPSA) is 122 Å². The monoisotopic (exact) mass is 388 g/mol. The van der Waals surface area contributed by atoms with Crippen LogP contribution in [0.5, 0.6) is 0 Å². The van der Waals surface area contributed by atoms with Crippen LogP contribution in [0, 0.1) is 15.5 Å². The highest BCUT2D eigenvalue weighted by atomic mass is 16.6. The number of imide groups is 2. The van der Waals surface area contributed by atoms with E-state index in [1.807, 2.05) is 11.8 Å². The molecule has 1 aromatic rings. The summed E-state index contributed by atoms with van der Waals surface area (Å²) in [4.78, 5) is 51.8. The van der Waals surface area contributed by atoms with Crippen molar-refractivity contribution in [2.75, 3.05) is 18.5 Å². The second-order valence-corrected chi connectivity index (χ2v) is 7.59. The molecule has 0 bridgehead atoms. The van der Waals surface area contributed by atoms with Gasteiger partial charge in [-0.1, -0.05) is 0 Å². The van der Waals surface area contributed by atoms with Crippen LogP contribution in [-0.4, -0.2) is 59.5 Å². The van der Waals surface area contributed by atoms with Crippen LogP contribution in [0.15, 0.2) is 18.2 Å². The van der Waals surface area contributed by atoms with Gasteiger partial charge < -0.3 is 9.64 Å². The molecule has 0 aliphatic carbocycles. The van der Waals surface area contributed by atoms with Crippen LogP contribution in [0.3, 0.4) is 0 Å². The molecule has 0 aromatic heterocycles.